The maximum atomic E-state index is 11.9. The molecule has 2 fully saturated rings. The zero-order valence-electron chi connectivity index (χ0n) is 15.7. The van der Waals surface area contributed by atoms with Crippen LogP contribution in [0.3, 0.4) is 0 Å². The minimum atomic E-state index is 0.0137. The Kier molecular flexibility index (Phi) is 6.47. The van der Waals surface area contributed by atoms with Crippen LogP contribution in [0.25, 0.3) is 0 Å². The molecule has 6 nitrogen and oxygen atoms in total. The number of carbonyl (C=O) groups excluding carboxylic acids is 2. The van der Waals surface area contributed by atoms with E-state index >= 15 is 0 Å². The van der Waals surface area contributed by atoms with Crippen molar-refractivity contribution in [3.8, 4) is 0 Å². The Balaban J connectivity index is 1.32. The Hall–Kier alpha value is -2.11. The maximum Gasteiger partial charge on any atom is 0.223 e. The number of piperidine rings is 1. The maximum absolute atomic E-state index is 11.9. The van der Waals surface area contributed by atoms with E-state index in [9.17, 15) is 9.59 Å². The fourth-order valence-corrected chi connectivity index (χ4v) is 3.19. The predicted molar refractivity (Wildman–Crippen MR) is 102 cm³/mol. The summed E-state index contributed by atoms with van der Waals surface area (Å²) in [5, 5.41) is 5.80. The number of carbonyl (C=O) groups is 2. The minimum absolute atomic E-state index is 0.0137. The van der Waals surface area contributed by atoms with E-state index in [0.717, 1.165) is 43.2 Å². The molecule has 2 aliphatic rings. The lowest BCUT2D eigenvalue weighted by molar-refractivity contribution is -0.123. The van der Waals surface area contributed by atoms with Crippen LogP contribution in [-0.2, 0) is 16.1 Å². The van der Waals surface area contributed by atoms with Gasteiger partial charge in [-0.05, 0) is 49.7 Å². The number of anilines is 1. The second kappa shape index (κ2) is 9.01. The molecule has 0 unspecified atom stereocenters. The lowest BCUT2D eigenvalue weighted by Gasteiger charge is -2.31. The van der Waals surface area contributed by atoms with Gasteiger partial charge < -0.3 is 15.5 Å². The number of hydrogen-bond acceptors (Lipinski definition) is 4. The van der Waals surface area contributed by atoms with Crippen molar-refractivity contribution in [2.24, 2.45) is 11.8 Å². The Morgan fingerprint density at radius 2 is 1.92 bits per heavy atom. The Bertz CT molecular complexity index is 605. The summed E-state index contributed by atoms with van der Waals surface area (Å²) in [5.74, 6) is 2.22. The van der Waals surface area contributed by atoms with E-state index in [4.69, 9.17) is 0 Å². The molecule has 2 N–H and O–H groups in total. The average molecular weight is 358 g/mol. The van der Waals surface area contributed by atoms with E-state index < -0.39 is 0 Å². The van der Waals surface area contributed by atoms with E-state index in [1.165, 1.54) is 12.8 Å². The lowest BCUT2D eigenvalue weighted by atomic mass is 9.99. The Morgan fingerprint density at radius 1 is 1.15 bits per heavy atom. The van der Waals surface area contributed by atoms with Crippen LogP contribution in [0.1, 0.15) is 51.0 Å². The fraction of sp³-hybridized carbons (Fsp3) is 0.650. The van der Waals surface area contributed by atoms with Gasteiger partial charge in [-0.1, -0.05) is 13.0 Å². The second-order valence-corrected chi connectivity index (χ2v) is 7.64. The van der Waals surface area contributed by atoms with E-state index in [-0.39, 0.29) is 17.7 Å². The molecule has 1 aromatic heterocycles. The van der Waals surface area contributed by atoms with Crippen LogP contribution in [0, 0.1) is 11.8 Å². The van der Waals surface area contributed by atoms with Crippen LogP contribution in [0.4, 0.5) is 5.82 Å². The number of amides is 2. The second-order valence-electron chi connectivity index (χ2n) is 7.64. The summed E-state index contributed by atoms with van der Waals surface area (Å²) in [6.45, 7) is 5.52. The van der Waals surface area contributed by atoms with Gasteiger partial charge in [0.15, 0.2) is 0 Å². The number of nitrogens with zero attached hydrogens (tertiary/aromatic N) is 2. The largest absolute Gasteiger partial charge is 0.357 e. The van der Waals surface area contributed by atoms with Crippen LogP contribution in [0.15, 0.2) is 18.3 Å². The van der Waals surface area contributed by atoms with Crippen LogP contribution < -0.4 is 15.5 Å². The Morgan fingerprint density at radius 3 is 2.58 bits per heavy atom. The summed E-state index contributed by atoms with van der Waals surface area (Å²) in [6, 6.07) is 4.08. The van der Waals surface area contributed by atoms with Crippen molar-refractivity contribution < 1.29 is 9.59 Å². The van der Waals surface area contributed by atoms with Crippen molar-refractivity contribution in [1.29, 1.82) is 0 Å². The monoisotopic (exact) mass is 358 g/mol. The summed E-state index contributed by atoms with van der Waals surface area (Å²) in [7, 11) is 0. The minimum Gasteiger partial charge on any atom is -0.357 e. The molecule has 26 heavy (non-hydrogen) atoms. The van der Waals surface area contributed by atoms with Crippen LogP contribution in [-0.4, -0.2) is 36.4 Å². The van der Waals surface area contributed by atoms with Gasteiger partial charge in [0.25, 0.3) is 0 Å². The summed E-state index contributed by atoms with van der Waals surface area (Å²) in [4.78, 5) is 30.3. The molecule has 1 saturated heterocycles. The number of pyridine rings is 1. The molecule has 2 amide bonds. The van der Waals surface area contributed by atoms with Gasteiger partial charge in [0.05, 0.1) is 0 Å². The first-order valence-electron chi connectivity index (χ1n) is 9.86. The standard InChI is InChI=1S/C20H30N4O2/c1-15-8-11-24(12-9-15)18-7-4-16(13-22-18)14-23-19(25)3-2-10-21-20(26)17-5-6-17/h4,7,13,15,17H,2-3,5-6,8-12,14H2,1H3,(H,21,26)(H,23,25). The first kappa shape index (κ1) is 18.7. The molecular weight excluding hydrogens is 328 g/mol. The molecule has 0 radical (unpaired) electrons. The van der Waals surface area contributed by atoms with Crippen molar-refractivity contribution in [1.82, 2.24) is 15.6 Å². The Labute approximate surface area is 155 Å². The molecule has 0 spiro atoms. The molecule has 6 heteroatoms. The highest BCUT2D eigenvalue weighted by molar-refractivity contribution is 5.81. The van der Waals surface area contributed by atoms with E-state index in [0.29, 0.717) is 25.9 Å². The molecule has 1 aromatic rings. The number of aromatic nitrogens is 1. The van der Waals surface area contributed by atoms with Gasteiger partial charge in [-0.2, -0.15) is 0 Å². The lowest BCUT2D eigenvalue weighted by Crippen LogP contribution is -2.33. The summed E-state index contributed by atoms with van der Waals surface area (Å²) < 4.78 is 0. The van der Waals surface area contributed by atoms with Gasteiger partial charge in [-0.15, -0.1) is 0 Å². The van der Waals surface area contributed by atoms with Crippen molar-refractivity contribution in [3.05, 3.63) is 23.9 Å². The molecule has 0 aromatic carbocycles. The van der Waals surface area contributed by atoms with Crippen LogP contribution >= 0.6 is 0 Å². The first-order valence-corrected chi connectivity index (χ1v) is 9.86. The topological polar surface area (TPSA) is 74.3 Å². The molecule has 1 aliphatic carbocycles. The van der Waals surface area contributed by atoms with E-state index in [1.54, 1.807) is 0 Å². The SMILES string of the molecule is CC1CCN(c2ccc(CNC(=O)CCCNC(=O)C3CC3)cn2)CC1. The molecule has 1 aliphatic heterocycles. The number of hydrogen-bond donors (Lipinski definition) is 2. The van der Waals surface area contributed by atoms with E-state index in [1.807, 2.05) is 18.3 Å². The highest BCUT2D eigenvalue weighted by atomic mass is 16.2. The van der Waals surface area contributed by atoms with Gasteiger partial charge >= 0.3 is 0 Å². The van der Waals surface area contributed by atoms with Gasteiger partial charge in [0, 0.05) is 44.7 Å². The normalized spacial score (nSPS) is 17.8. The zero-order chi connectivity index (χ0) is 18.4. The highest BCUT2D eigenvalue weighted by Crippen LogP contribution is 2.28. The molecule has 1 saturated carbocycles. The summed E-state index contributed by atoms with van der Waals surface area (Å²) in [6.07, 6.45) is 7.42. The zero-order valence-corrected chi connectivity index (χ0v) is 15.7. The number of rotatable bonds is 8. The van der Waals surface area contributed by atoms with Crippen molar-refractivity contribution in [2.75, 3.05) is 24.5 Å². The van der Waals surface area contributed by atoms with E-state index in [2.05, 4.69) is 27.4 Å². The molecule has 0 atom stereocenters. The third kappa shape index (κ3) is 5.71. The van der Waals surface area contributed by atoms with Gasteiger partial charge in [0.1, 0.15) is 5.82 Å². The van der Waals surface area contributed by atoms with Gasteiger partial charge in [-0.3, -0.25) is 9.59 Å². The summed E-state index contributed by atoms with van der Waals surface area (Å²) in [5.41, 5.74) is 1.01. The smallest absolute Gasteiger partial charge is 0.223 e. The highest BCUT2D eigenvalue weighted by Gasteiger charge is 2.28. The quantitative estimate of drug-likeness (QED) is 0.699. The molecule has 0 bridgehead atoms. The summed E-state index contributed by atoms with van der Waals surface area (Å²) >= 11 is 0. The predicted octanol–water partition coefficient (Wildman–Crippen LogP) is 2.24. The third-order valence-electron chi connectivity index (χ3n) is 5.23. The van der Waals surface area contributed by atoms with Crippen LogP contribution in [0.2, 0.25) is 0 Å². The fourth-order valence-electron chi connectivity index (χ4n) is 3.19. The average Bonchev–Trinajstić information content (AvgIpc) is 3.50. The molecule has 2 heterocycles. The number of nitrogens with one attached hydrogen (secondary N) is 2. The molecular formula is C20H30N4O2. The van der Waals surface area contributed by atoms with Gasteiger partial charge in [-0.25, -0.2) is 4.98 Å². The molecule has 3 rings (SSSR count). The van der Waals surface area contributed by atoms with Crippen LogP contribution in [0.5, 0.6) is 0 Å². The third-order valence-corrected chi connectivity index (χ3v) is 5.23. The van der Waals surface area contributed by atoms with Crippen molar-refractivity contribution in [2.45, 2.75) is 52.0 Å². The van der Waals surface area contributed by atoms with Crippen molar-refractivity contribution >= 4 is 17.6 Å². The van der Waals surface area contributed by atoms with Gasteiger partial charge in [0.2, 0.25) is 11.8 Å². The first-order chi connectivity index (χ1) is 12.6. The van der Waals surface area contributed by atoms with Crippen molar-refractivity contribution in [3.63, 3.8) is 0 Å². The molecule has 142 valence electrons.